The van der Waals surface area contributed by atoms with E-state index >= 15 is 0 Å². The Bertz CT molecular complexity index is 227. The fraction of sp³-hybridized carbons (Fsp3) is 0.727. The van der Waals surface area contributed by atoms with Gasteiger partial charge in [0.1, 0.15) is 5.60 Å². The van der Waals surface area contributed by atoms with E-state index in [2.05, 4.69) is 11.3 Å². The van der Waals surface area contributed by atoms with Crippen LogP contribution in [0.25, 0.3) is 0 Å². The summed E-state index contributed by atoms with van der Waals surface area (Å²) in [6.07, 6.45) is 1.41. The molecule has 0 heterocycles. The highest BCUT2D eigenvalue weighted by Crippen LogP contribution is 2.37. The van der Waals surface area contributed by atoms with Crippen molar-refractivity contribution in [2.45, 2.75) is 33.3 Å². The van der Waals surface area contributed by atoms with Gasteiger partial charge in [0.2, 0.25) is 0 Å². The Balaban J connectivity index is 5.06. The van der Waals surface area contributed by atoms with Gasteiger partial charge in [0.15, 0.2) is 0 Å². The Morgan fingerprint density at radius 3 is 2.14 bits per heavy atom. The maximum atomic E-state index is 11.3. The summed E-state index contributed by atoms with van der Waals surface area (Å²) in [5.74, 6) is -1.05. The summed E-state index contributed by atoms with van der Waals surface area (Å²) in [6.45, 7) is 10.8. The Labute approximate surface area is 85.8 Å². The van der Waals surface area contributed by atoms with E-state index in [1.807, 2.05) is 20.8 Å². The first-order valence-electron chi connectivity index (χ1n) is 4.64. The van der Waals surface area contributed by atoms with E-state index in [0.717, 1.165) is 0 Å². The number of aliphatic hydroxyl groups is 1. The molecule has 0 rings (SSSR count). The van der Waals surface area contributed by atoms with Gasteiger partial charge in [0, 0.05) is 0 Å². The zero-order valence-electron chi connectivity index (χ0n) is 9.63. The van der Waals surface area contributed by atoms with Gasteiger partial charge in [-0.2, -0.15) is 0 Å². The van der Waals surface area contributed by atoms with E-state index in [1.54, 1.807) is 6.92 Å². The summed E-state index contributed by atoms with van der Waals surface area (Å²) in [5.41, 5.74) is -1.71. The molecule has 0 aromatic carbocycles. The molecule has 3 nitrogen and oxygen atoms in total. The van der Waals surface area contributed by atoms with Gasteiger partial charge in [-0.25, -0.2) is 0 Å². The minimum absolute atomic E-state index is 0.428. The summed E-state index contributed by atoms with van der Waals surface area (Å²) >= 11 is 0. The fourth-order valence-corrected chi connectivity index (χ4v) is 1.49. The monoisotopic (exact) mass is 200 g/mol. The number of carbonyl (C=O) groups is 1. The van der Waals surface area contributed by atoms with Crippen molar-refractivity contribution >= 4 is 5.97 Å². The Hall–Kier alpha value is -0.830. The number of carbonyl (C=O) groups excluding carboxylic acids is 1. The smallest absolute Gasteiger partial charge is 0.311 e. The molecule has 0 radical (unpaired) electrons. The van der Waals surface area contributed by atoms with E-state index in [9.17, 15) is 9.90 Å². The van der Waals surface area contributed by atoms with Crippen LogP contribution in [0.4, 0.5) is 0 Å². The molecule has 0 aliphatic heterocycles. The number of methoxy groups -OCH3 is 1. The second-order valence-electron chi connectivity index (χ2n) is 4.52. The number of esters is 1. The van der Waals surface area contributed by atoms with Crippen LogP contribution < -0.4 is 0 Å². The summed E-state index contributed by atoms with van der Waals surface area (Å²) in [4.78, 5) is 11.3. The number of ether oxygens (including phenoxy) is 1. The summed E-state index contributed by atoms with van der Waals surface area (Å²) in [5, 5.41) is 10.3. The normalized spacial score (nSPS) is 18.1. The van der Waals surface area contributed by atoms with Gasteiger partial charge in [-0.15, -0.1) is 6.58 Å². The minimum Gasteiger partial charge on any atom is -0.469 e. The van der Waals surface area contributed by atoms with Crippen LogP contribution in [0.1, 0.15) is 27.7 Å². The third kappa shape index (κ3) is 2.15. The van der Waals surface area contributed by atoms with Gasteiger partial charge in [-0.3, -0.25) is 4.79 Å². The van der Waals surface area contributed by atoms with Gasteiger partial charge in [-0.1, -0.05) is 26.8 Å². The first-order valence-corrected chi connectivity index (χ1v) is 4.64. The van der Waals surface area contributed by atoms with Crippen molar-refractivity contribution in [1.29, 1.82) is 0 Å². The summed E-state index contributed by atoms with van der Waals surface area (Å²) in [6, 6.07) is 0. The molecule has 2 atom stereocenters. The van der Waals surface area contributed by atoms with Gasteiger partial charge in [0.25, 0.3) is 0 Å². The Morgan fingerprint density at radius 2 is 1.93 bits per heavy atom. The zero-order chi connectivity index (χ0) is 11.6. The molecule has 0 fully saturated rings. The van der Waals surface area contributed by atoms with E-state index in [4.69, 9.17) is 0 Å². The standard InChI is InChI=1S/C11H20O3/c1-7-11(13,10(3,4)5)8(2)9(12)14-6/h7-8,13H,1H2,2-6H3. The lowest BCUT2D eigenvalue weighted by Gasteiger charge is -2.41. The van der Waals surface area contributed by atoms with E-state index < -0.39 is 22.9 Å². The molecule has 0 aliphatic carbocycles. The van der Waals surface area contributed by atoms with Crippen LogP contribution in [0, 0.1) is 11.3 Å². The maximum absolute atomic E-state index is 11.3. The Morgan fingerprint density at radius 1 is 1.50 bits per heavy atom. The van der Waals surface area contributed by atoms with E-state index in [-0.39, 0.29) is 0 Å². The van der Waals surface area contributed by atoms with Crippen LogP contribution >= 0.6 is 0 Å². The number of rotatable bonds is 3. The molecule has 82 valence electrons. The molecule has 0 saturated heterocycles. The molecular weight excluding hydrogens is 180 g/mol. The van der Waals surface area contributed by atoms with Crippen molar-refractivity contribution in [1.82, 2.24) is 0 Å². The van der Waals surface area contributed by atoms with Crippen molar-refractivity contribution in [3.63, 3.8) is 0 Å². The van der Waals surface area contributed by atoms with Crippen molar-refractivity contribution in [3.05, 3.63) is 12.7 Å². The van der Waals surface area contributed by atoms with Crippen molar-refractivity contribution in [2.75, 3.05) is 7.11 Å². The van der Waals surface area contributed by atoms with Crippen LogP contribution in [-0.4, -0.2) is 23.8 Å². The minimum atomic E-state index is -1.25. The SMILES string of the molecule is C=CC(O)(C(C)C(=O)OC)C(C)(C)C. The van der Waals surface area contributed by atoms with E-state index in [0.29, 0.717) is 0 Å². The van der Waals surface area contributed by atoms with Gasteiger partial charge in [0.05, 0.1) is 13.0 Å². The lowest BCUT2D eigenvalue weighted by Crippen LogP contribution is -2.49. The summed E-state index contributed by atoms with van der Waals surface area (Å²) in [7, 11) is 1.31. The second-order valence-corrected chi connectivity index (χ2v) is 4.52. The molecule has 2 unspecified atom stereocenters. The Kier molecular flexibility index (Phi) is 3.89. The summed E-state index contributed by atoms with van der Waals surface area (Å²) < 4.78 is 4.61. The van der Waals surface area contributed by atoms with Crippen molar-refractivity contribution in [3.8, 4) is 0 Å². The molecule has 0 bridgehead atoms. The predicted molar refractivity (Wildman–Crippen MR) is 55.8 cm³/mol. The average molecular weight is 200 g/mol. The molecule has 14 heavy (non-hydrogen) atoms. The largest absolute Gasteiger partial charge is 0.469 e. The zero-order valence-corrected chi connectivity index (χ0v) is 9.63. The molecule has 0 amide bonds. The van der Waals surface area contributed by atoms with Crippen molar-refractivity contribution in [2.24, 2.45) is 11.3 Å². The molecular formula is C11H20O3. The first kappa shape index (κ1) is 13.2. The average Bonchev–Trinajstić information content (AvgIpc) is 2.12. The molecule has 3 heteroatoms. The lowest BCUT2D eigenvalue weighted by atomic mass is 9.69. The van der Waals surface area contributed by atoms with Crippen LogP contribution in [0.2, 0.25) is 0 Å². The molecule has 0 saturated carbocycles. The molecule has 1 N–H and O–H groups in total. The number of hydrogen-bond donors (Lipinski definition) is 1. The van der Waals surface area contributed by atoms with Crippen LogP contribution in [0.15, 0.2) is 12.7 Å². The lowest BCUT2D eigenvalue weighted by molar-refractivity contribution is -0.158. The van der Waals surface area contributed by atoms with Gasteiger partial charge in [-0.05, 0) is 12.3 Å². The highest BCUT2D eigenvalue weighted by molar-refractivity contribution is 5.74. The molecule has 0 aromatic rings. The van der Waals surface area contributed by atoms with E-state index in [1.165, 1.54) is 13.2 Å². The third-order valence-corrected chi connectivity index (χ3v) is 2.73. The van der Waals surface area contributed by atoms with Crippen molar-refractivity contribution < 1.29 is 14.6 Å². The van der Waals surface area contributed by atoms with Crippen LogP contribution in [0.5, 0.6) is 0 Å². The second kappa shape index (κ2) is 4.13. The van der Waals surface area contributed by atoms with Crippen LogP contribution in [0.3, 0.4) is 0 Å². The molecule has 0 aliphatic rings. The molecule has 0 aromatic heterocycles. The third-order valence-electron chi connectivity index (χ3n) is 2.73. The topological polar surface area (TPSA) is 46.5 Å². The van der Waals surface area contributed by atoms with Gasteiger partial charge >= 0.3 is 5.97 Å². The number of hydrogen-bond acceptors (Lipinski definition) is 3. The highest BCUT2D eigenvalue weighted by Gasteiger charge is 2.45. The predicted octanol–water partition coefficient (Wildman–Crippen LogP) is 1.76. The first-order chi connectivity index (χ1) is 6.20. The molecule has 0 spiro atoms. The maximum Gasteiger partial charge on any atom is 0.311 e. The van der Waals surface area contributed by atoms with Gasteiger partial charge < -0.3 is 9.84 Å². The fourth-order valence-electron chi connectivity index (χ4n) is 1.49. The van der Waals surface area contributed by atoms with Crippen LogP contribution in [-0.2, 0) is 9.53 Å². The highest BCUT2D eigenvalue weighted by atomic mass is 16.5. The quantitative estimate of drug-likeness (QED) is 0.557.